The van der Waals surface area contributed by atoms with E-state index in [9.17, 15) is 9.59 Å². The summed E-state index contributed by atoms with van der Waals surface area (Å²) < 4.78 is 0.731. The topological polar surface area (TPSA) is 137 Å². The lowest BCUT2D eigenvalue weighted by atomic mass is 10.3. The van der Waals surface area contributed by atoms with E-state index in [1.807, 2.05) is 29.2 Å². The maximum absolute atomic E-state index is 12.3. The van der Waals surface area contributed by atoms with Crippen molar-refractivity contribution in [2.24, 2.45) is 5.73 Å². The minimum Gasteiger partial charge on any atom is -0.369 e. The van der Waals surface area contributed by atoms with E-state index in [0.717, 1.165) is 42.5 Å². The van der Waals surface area contributed by atoms with Crippen LogP contribution in [0.15, 0.2) is 34.9 Å². The molecule has 3 amide bonds. The Labute approximate surface area is 195 Å². The Morgan fingerprint density at radius 3 is 2.72 bits per heavy atom. The van der Waals surface area contributed by atoms with Crippen molar-refractivity contribution in [3.05, 3.63) is 34.9 Å². The number of hydrogen-bond acceptors (Lipinski definition) is 7. The molecule has 172 valence electrons. The molecular formula is C21H29BrN8O2. The first-order valence-corrected chi connectivity index (χ1v) is 11.4. The molecule has 3 rings (SSSR count). The average Bonchev–Trinajstić information content (AvgIpc) is 3.31. The zero-order chi connectivity index (χ0) is 22.9. The quantitative estimate of drug-likeness (QED) is 0.331. The molecule has 1 aromatic heterocycles. The summed E-state index contributed by atoms with van der Waals surface area (Å²) in [4.78, 5) is 34.4. The zero-order valence-corrected chi connectivity index (χ0v) is 19.6. The lowest BCUT2D eigenvalue weighted by molar-refractivity contribution is -0.121. The van der Waals surface area contributed by atoms with Gasteiger partial charge in [0, 0.05) is 43.8 Å². The van der Waals surface area contributed by atoms with Gasteiger partial charge in [0.25, 0.3) is 0 Å². The first kappa shape index (κ1) is 23.7. The number of nitrogens with zero attached hydrogens (tertiary/aromatic N) is 3. The van der Waals surface area contributed by atoms with E-state index >= 15 is 0 Å². The summed E-state index contributed by atoms with van der Waals surface area (Å²) in [5, 5.41) is 12.1. The molecule has 1 aliphatic rings. The van der Waals surface area contributed by atoms with E-state index in [1.54, 1.807) is 13.1 Å². The predicted octanol–water partition coefficient (Wildman–Crippen LogP) is 2.88. The number of rotatable bonds is 9. The molecule has 0 spiro atoms. The molecule has 1 aliphatic heterocycles. The summed E-state index contributed by atoms with van der Waals surface area (Å²) in [7, 11) is 0. The van der Waals surface area contributed by atoms with Crippen LogP contribution >= 0.6 is 15.9 Å². The number of nitrogens with one attached hydrogen (secondary N) is 4. The second-order valence-corrected chi connectivity index (χ2v) is 8.43. The van der Waals surface area contributed by atoms with Gasteiger partial charge in [-0.25, -0.2) is 9.78 Å². The zero-order valence-electron chi connectivity index (χ0n) is 18.0. The Hall–Kier alpha value is -2.92. The van der Waals surface area contributed by atoms with Crippen LogP contribution in [0.25, 0.3) is 0 Å². The van der Waals surface area contributed by atoms with Crippen LogP contribution in [0.3, 0.4) is 0 Å². The number of carbonyl (C=O) groups excluding carboxylic acids is 2. The molecule has 11 heteroatoms. The first-order valence-electron chi connectivity index (χ1n) is 10.6. The van der Waals surface area contributed by atoms with Crippen LogP contribution in [0, 0.1) is 0 Å². The molecule has 0 saturated carbocycles. The van der Waals surface area contributed by atoms with E-state index in [-0.39, 0.29) is 11.9 Å². The van der Waals surface area contributed by atoms with Crippen molar-refractivity contribution in [3.8, 4) is 0 Å². The molecule has 0 aliphatic carbocycles. The first-order chi connectivity index (χ1) is 15.4. The second kappa shape index (κ2) is 11.6. The predicted molar refractivity (Wildman–Crippen MR) is 129 cm³/mol. The van der Waals surface area contributed by atoms with E-state index in [0.29, 0.717) is 30.5 Å². The van der Waals surface area contributed by atoms with Crippen molar-refractivity contribution in [2.75, 3.05) is 42.1 Å². The van der Waals surface area contributed by atoms with Crippen LogP contribution in [0.1, 0.15) is 26.2 Å². The maximum atomic E-state index is 12.3. The summed E-state index contributed by atoms with van der Waals surface area (Å²) in [6.07, 6.45) is 4.48. The van der Waals surface area contributed by atoms with E-state index in [2.05, 4.69) is 47.2 Å². The number of aromatic nitrogens is 2. The molecule has 0 unspecified atom stereocenters. The third kappa shape index (κ3) is 7.06. The van der Waals surface area contributed by atoms with Gasteiger partial charge in [0.1, 0.15) is 5.82 Å². The number of carbonyl (C=O) groups is 2. The van der Waals surface area contributed by atoms with Crippen molar-refractivity contribution in [1.82, 2.24) is 20.2 Å². The van der Waals surface area contributed by atoms with Gasteiger partial charge in [0.05, 0.1) is 10.5 Å². The van der Waals surface area contributed by atoms with Gasteiger partial charge in [-0.05, 0) is 60.3 Å². The van der Waals surface area contributed by atoms with Gasteiger partial charge in [0.2, 0.25) is 11.9 Å². The minimum atomic E-state index is -0.514. The van der Waals surface area contributed by atoms with Crippen molar-refractivity contribution < 1.29 is 9.59 Å². The van der Waals surface area contributed by atoms with Crippen LogP contribution in [0.5, 0.6) is 0 Å². The molecule has 2 heterocycles. The van der Waals surface area contributed by atoms with E-state index in [4.69, 9.17) is 5.73 Å². The lowest BCUT2D eigenvalue weighted by Crippen LogP contribution is -2.39. The summed E-state index contributed by atoms with van der Waals surface area (Å²) >= 11 is 3.44. The highest BCUT2D eigenvalue weighted by Gasteiger charge is 2.17. The molecule has 0 radical (unpaired) electrons. The van der Waals surface area contributed by atoms with Crippen molar-refractivity contribution >= 4 is 51.0 Å². The fourth-order valence-electron chi connectivity index (χ4n) is 3.15. The fraction of sp³-hybridized carbons (Fsp3) is 0.429. The molecule has 1 saturated heterocycles. The standard InChI is InChI=1S/C21H29BrN8O2/c1-14(23)19(31)25-9-5-8-24-18-17(22)13-26-20(29-18)27-15-6-4-7-16(12-15)28-21(32)30-10-2-3-11-30/h4,6-7,12-14H,2-3,5,8-11,23H2,1H3,(H,25,31)(H,28,32)(H2,24,26,27,29)/t14-/m1/s1. The normalized spacial score (nSPS) is 14.0. The fourth-order valence-corrected chi connectivity index (χ4v) is 3.48. The van der Waals surface area contributed by atoms with E-state index in [1.165, 1.54) is 0 Å². The van der Waals surface area contributed by atoms with Gasteiger partial charge in [-0.15, -0.1) is 0 Å². The Kier molecular flexibility index (Phi) is 8.63. The number of benzene rings is 1. The lowest BCUT2D eigenvalue weighted by Gasteiger charge is -2.16. The van der Waals surface area contributed by atoms with Gasteiger partial charge in [-0.3, -0.25) is 4.79 Å². The number of nitrogens with two attached hydrogens (primary N) is 1. The number of urea groups is 1. The molecule has 1 atom stereocenters. The summed E-state index contributed by atoms with van der Waals surface area (Å²) in [6.45, 7) is 4.39. The largest absolute Gasteiger partial charge is 0.369 e. The number of halogens is 1. The molecule has 32 heavy (non-hydrogen) atoms. The van der Waals surface area contributed by atoms with Gasteiger partial charge < -0.3 is 31.9 Å². The van der Waals surface area contributed by atoms with Gasteiger partial charge in [0.15, 0.2) is 0 Å². The van der Waals surface area contributed by atoms with Gasteiger partial charge in [-0.1, -0.05) is 6.07 Å². The summed E-state index contributed by atoms with van der Waals surface area (Å²) in [6, 6.07) is 6.83. The van der Waals surface area contributed by atoms with Crippen LogP contribution in [-0.2, 0) is 4.79 Å². The molecule has 1 fully saturated rings. The Balaban J connectivity index is 1.53. The molecule has 10 nitrogen and oxygen atoms in total. The monoisotopic (exact) mass is 504 g/mol. The van der Waals surface area contributed by atoms with Crippen molar-refractivity contribution in [3.63, 3.8) is 0 Å². The molecule has 1 aromatic carbocycles. The number of likely N-dealkylation sites (tertiary alicyclic amines) is 1. The number of hydrogen-bond donors (Lipinski definition) is 5. The number of amides is 3. The summed E-state index contributed by atoms with van der Waals surface area (Å²) in [5.74, 6) is 0.891. The Bertz CT molecular complexity index is 934. The second-order valence-electron chi connectivity index (χ2n) is 7.58. The van der Waals surface area contributed by atoms with Crippen LogP contribution in [0.4, 0.5) is 27.9 Å². The van der Waals surface area contributed by atoms with Crippen molar-refractivity contribution in [2.45, 2.75) is 32.2 Å². The minimum absolute atomic E-state index is 0.0804. The molecule has 6 N–H and O–H groups in total. The Morgan fingerprint density at radius 2 is 1.97 bits per heavy atom. The van der Waals surface area contributed by atoms with Crippen LogP contribution in [0.2, 0.25) is 0 Å². The maximum Gasteiger partial charge on any atom is 0.321 e. The molecular weight excluding hydrogens is 476 g/mol. The number of anilines is 4. The van der Waals surface area contributed by atoms with E-state index < -0.39 is 6.04 Å². The van der Waals surface area contributed by atoms with Crippen LogP contribution < -0.4 is 27.0 Å². The average molecular weight is 505 g/mol. The Morgan fingerprint density at radius 1 is 1.22 bits per heavy atom. The molecule has 0 bridgehead atoms. The highest BCUT2D eigenvalue weighted by atomic mass is 79.9. The van der Waals surface area contributed by atoms with Crippen molar-refractivity contribution in [1.29, 1.82) is 0 Å². The highest BCUT2D eigenvalue weighted by molar-refractivity contribution is 9.10. The molecule has 2 aromatic rings. The highest BCUT2D eigenvalue weighted by Crippen LogP contribution is 2.23. The third-order valence-corrected chi connectivity index (χ3v) is 5.45. The summed E-state index contributed by atoms with van der Waals surface area (Å²) in [5.41, 5.74) is 6.99. The smallest absolute Gasteiger partial charge is 0.321 e. The van der Waals surface area contributed by atoms with Gasteiger partial charge in [-0.2, -0.15) is 4.98 Å². The van der Waals surface area contributed by atoms with Crippen LogP contribution in [-0.4, -0.2) is 59.0 Å². The third-order valence-electron chi connectivity index (χ3n) is 4.87. The SMILES string of the molecule is C[C@@H](N)C(=O)NCCCNc1nc(Nc2cccc(NC(=O)N3CCCC3)c2)ncc1Br. The van der Waals surface area contributed by atoms with Gasteiger partial charge >= 0.3 is 6.03 Å².